The Balaban J connectivity index is 2.28. The van der Waals surface area contributed by atoms with Gasteiger partial charge in [-0.2, -0.15) is 0 Å². The van der Waals surface area contributed by atoms with E-state index in [0.29, 0.717) is 5.69 Å². The maximum absolute atomic E-state index is 11.1. The van der Waals surface area contributed by atoms with Gasteiger partial charge < -0.3 is 20.0 Å². The van der Waals surface area contributed by atoms with E-state index >= 15 is 0 Å². The van der Waals surface area contributed by atoms with Gasteiger partial charge in [0.15, 0.2) is 0 Å². The zero-order valence-electron chi connectivity index (χ0n) is 9.76. The quantitative estimate of drug-likeness (QED) is 0.796. The van der Waals surface area contributed by atoms with Crippen molar-refractivity contribution in [1.82, 2.24) is 4.90 Å². The van der Waals surface area contributed by atoms with Gasteiger partial charge in [0.05, 0.1) is 11.3 Å². The number of carboxylic acids is 1. The molecule has 1 aliphatic heterocycles. The summed E-state index contributed by atoms with van der Waals surface area (Å²) in [4.78, 5) is 15.4. The molecule has 17 heavy (non-hydrogen) atoms. The molecule has 0 radical (unpaired) electrons. The zero-order valence-corrected chi connectivity index (χ0v) is 9.76. The van der Waals surface area contributed by atoms with Crippen LogP contribution in [0.1, 0.15) is 10.4 Å². The molecule has 0 saturated carbocycles. The van der Waals surface area contributed by atoms with Crippen molar-refractivity contribution in [3.8, 4) is 5.75 Å². The van der Waals surface area contributed by atoms with E-state index in [9.17, 15) is 9.90 Å². The number of carboxylic acid groups (broad SMARTS) is 1. The summed E-state index contributed by atoms with van der Waals surface area (Å²) in [5, 5.41) is 18.5. The molecule has 1 aliphatic rings. The topological polar surface area (TPSA) is 64.0 Å². The van der Waals surface area contributed by atoms with Crippen LogP contribution in [0.2, 0.25) is 0 Å². The second-order valence-corrected chi connectivity index (χ2v) is 4.30. The van der Waals surface area contributed by atoms with E-state index in [-0.39, 0.29) is 11.3 Å². The molecular weight excluding hydrogens is 220 g/mol. The Morgan fingerprint density at radius 1 is 1.24 bits per heavy atom. The van der Waals surface area contributed by atoms with Gasteiger partial charge in [-0.25, -0.2) is 4.79 Å². The fourth-order valence-corrected chi connectivity index (χ4v) is 2.02. The minimum absolute atomic E-state index is 0.0136. The Bertz CT molecular complexity index is 426. The fraction of sp³-hybridized carbons (Fsp3) is 0.417. The molecule has 0 atom stereocenters. The number of rotatable bonds is 2. The molecule has 1 aromatic carbocycles. The van der Waals surface area contributed by atoms with Crippen LogP contribution in [-0.2, 0) is 0 Å². The van der Waals surface area contributed by atoms with Crippen molar-refractivity contribution in [1.29, 1.82) is 0 Å². The minimum atomic E-state index is -1.00. The number of aromatic hydroxyl groups is 1. The van der Waals surface area contributed by atoms with Gasteiger partial charge in [-0.3, -0.25) is 0 Å². The maximum Gasteiger partial charge on any atom is 0.337 e. The first-order valence-electron chi connectivity index (χ1n) is 5.58. The molecule has 0 aromatic heterocycles. The second kappa shape index (κ2) is 4.63. The van der Waals surface area contributed by atoms with Crippen LogP contribution < -0.4 is 4.90 Å². The normalized spacial score (nSPS) is 17.1. The number of hydrogen-bond donors (Lipinski definition) is 2. The van der Waals surface area contributed by atoms with Crippen LogP contribution in [0.25, 0.3) is 0 Å². The van der Waals surface area contributed by atoms with Gasteiger partial charge in [0, 0.05) is 26.2 Å². The summed E-state index contributed by atoms with van der Waals surface area (Å²) in [5.74, 6) is -1.02. The second-order valence-electron chi connectivity index (χ2n) is 4.30. The predicted octanol–water partition coefficient (Wildman–Crippen LogP) is 0.842. The third-order valence-corrected chi connectivity index (χ3v) is 3.05. The third kappa shape index (κ3) is 2.50. The largest absolute Gasteiger partial charge is 0.508 e. The Morgan fingerprint density at radius 2 is 1.88 bits per heavy atom. The molecule has 0 amide bonds. The van der Waals surface area contributed by atoms with Gasteiger partial charge in [0.1, 0.15) is 5.75 Å². The number of anilines is 1. The van der Waals surface area contributed by atoms with Crippen molar-refractivity contribution in [3.05, 3.63) is 23.8 Å². The van der Waals surface area contributed by atoms with Crippen LogP contribution in [0.3, 0.4) is 0 Å². The first-order valence-corrected chi connectivity index (χ1v) is 5.58. The van der Waals surface area contributed by atoms with Crippen LogP contribution in [-0.4, -0.2) is 54.3 Å². The molecule has 2 rings (SSSR count). The monoisotopic (exact) mass is 236 g/mol. The molecular formula is C12H16N2O3. The Morgan fingerprint density at radius 3 is 2.47 bits per heavy atom. The smallest absolute Gasteiger partial charge is 0.337 e. The van der Waals surface area contributed by atoms with Gasteiger partial charge >= 0.3 is 5.97 Å². The lowest BCUT2D eigenvalue weighted by Crippen LogP contribution is -2.45. The predicted molar refractivity (Wildman–Crippen MR) is 64.8 cm³/mol. The van der Waals surface area contributed by atoms with Crippen molar-refractivity contribution < 1.29 is 15.0 Å². The van der Waals surface area contributed by atoms with Crippen LogP contribution in [0, 0.1) is 0 Å². The highest BCUT2D eigenvalue weighted by Gasteiger charge is 2.20. The van der Waals surface area contributed by atoms with Crippen LogP contribution >= 0.6 is 0 Å². The van der Waals surface area contributed by atoms with E-state index < -0.39 is 5.97 Å². The summed E-state index contributed by atoms with van der Waals surface area (Å²) < 4.78 is 0. The van der Waals surface area contributed by atoms with E-state index in [2.05, 4.69) is 4.90 Å². The number of piperazine rings is 1. The first-order chi connectivity index (χ1) is 8.08. The summed E-state index contributed by atoms with van der Waals surface area (Å²) >= 11 is 0. The molecule has 1 fully saturated rings. The molecule has 5 nitrogen and oxygen atoms in total. The standard InChI is InChI=1S/C12H16N2O3/c1-13-4-6-14(7-5-13)11-3-2-9(15)8-10(11)12(16)17/h2-3,8,15H,4-7H2,1H3,(H,16,17). The lowest BCUT2D eigenvalue weighted by Gasteiger charge is -2.34. The number of hydrogen-bond acceptors (Lipinski definition) is 4. The molecule has 0 aliphatic carbocycles. The van der Waals surface area contributed by atoms with E-state index in [1.807, 2.05) is 11.9 Å². The molecule has 2 N–H and O–H groups in total. The SMILES string of the molecule is CN1CCN(c2ccc(O)cc2C(=O)O)CC1. The van der Waals surface area contributed by atoms with Crippen molar-refractivity contribution in [3.63, 3.8) is 0 Å². The molecule has 1 heterocycles. The highest BCUT2D eigenvalue weighted by molar-refractivity contribution is 5.95. The highest BCUT2D eigenvalue weighted by Crippen LogP contribution is 2.25. The Hall–Kier alpha value is -1.75. The van der Waals surface area contributed by atoms with Crippen molar-refractivity contribution in [2.75, 3.05) is 38.1 Å². The number of likely N-dealkylation sites (N-methyl/N-ethyl adjacent to an activating group) is 1. The van der Waals surface area contributed by atoms with Crippen LogP contribution in [0.4, 0.5) is 5.69 Å². The average molecular weight is 236 g/mol. The summed E-state index contributed by atoms with van der Waals surface area (Å²) in [6, 6.07) is 4.50. The molecule has 0 unspecified atom stereocenters. The number of nitrogens with zero attached hydrogens (tertiary/aromatic N) is 2. The van der Waals surface area contributed by atoms with Gasteiger partial charge in [0.25, 0.3) is 0 Å². The molecule has 1 saturated heterocycles. The lowest BCUT2D eigenvalue weighted by molar-refractivity contribution is 0.0697. The van der Waals surface area contributed by atoms with Crippen molar-refractivity contribution >= 4 is 11.7 Å². The number of carbonyl (C=O) groups is 1. The van der Waals surface area contributed by atoms with E-state index in [4.69, 9.17) is 5.11 Å². The fourth-order valence-electron chi connectivity index (χ4n) is 2.02. The van der Waals surface area contributed by atoms with Crippen molar-refractivity contribution in [2.45, 2.75) is 0 Å². The number of phenolic OH excluding ortho intramolecular Hbond substituents is 1. The summed E-state index contributed by atoms with van der Waals surface area (Å²) in [6.07, 6.45) is 0. The summed E-state index contributed by atoms with van der Waals surface area (Å²) in [5.41, 5.74) is 0.845. The Labute approximate surface area is 99.9 Å². The Kier molecular flexibility index (Phi) is 3.19. The third-order valence-electron chi connectivity index (χ3n) is 3.05. The maximum atomic E-state index is 11.1. The van der Waals surface area contributed by atoms with Crippen molar-refractivity contribution in [2.24, 2.45) is 0 Å². The average Bonchev–Trinajstić information content (AvgIpc) is 2.30. The van der Waals surface area contributed by atoms with Crippen LogP contribution in [0.5, 0.6) is 5.75 Å². The first kappa shape index (κ1) is 11.7. The zero-order chi connectivity index (χ0) is 12.4. The van der Waals surface area contributed by atoms with Gasteiger partial charge in [0.2, 0.25) is 0 Å². The summed E-state index contributed by atoms with van der Waals surface area (Å²) in [6.45, 7) is 3.45. The molecule has 5 heteroatoms. The molecule has 0 bridgehead atoms. The van der Waals surface area contributed by atoms with Gasteiger partial charge in [-0.1, -0.05) is 0 Å². The van der Waals surface area contributed by atoms with Gasteiger partial charge in [-0.05, 0) is 25.2 Å². The van der Waals surface area contributed by atoms with E-state index in [1.165, 1.54) is 12.1 Å². The molecule has 1 aromatic rings. The van der Waals surface area contributed by atoms with E-state index in [0.717, 1.165) is 26.2 Å². The van der Waals surface area contributed by atoms with Gasteiger partial charge in [-0.15, -0.1) is 0 Å². The van der Waals surface area contributed by atoms with Crippen LogP contribution in [0.15, 0.2) is 18.2 Å². The number of benzene rings is 1. The summed E-state index contributed by atoms with van der Waals surface area (Å²) in [7, 11) is 2.05. The van der Waals surface area contributed by atoms with E-state index in [1.54, 1.807) is 6.07 Å². The lowest BCUT2D eigenvalue weighted by atomic mass is 10.1. The highest BCUT2D eigenvalue weighted by atomic mass is 16.4. The number of aromatic carboxylic acids is 1. The molecule has 92 valence electrons. The number of phenols is 1. The minimum Gasteiger partial charge on any atom is -0.508 e. The molecule has 0 spiro atoms.